The van der Waals surface area contributed by atoms with Crippen LogP contribution < -0.4 is 4.74 Å². The maximum absolute atomic E-state index is 13.0. The van der Waals surface area contributed by atoms with E-state index >= 15 is 0 Å². The number of carboxylic acid groups (broad SMARTS) is 1. The number of aromatic carboxylic acids is 1. The van der Waals surface area contributed by atoms with Gasteiger partial charge in [-0.15, -0.1) is 0 Å². The van der Waals surface area contributed by atoms with Crippen molar-refractivity contribution in [3.63, 3.8) is 0 Å². The molecule has 0 spiro atoms. The average Bonchev–Trinajstić information content (AvgIpc) is 2.42. The average molecular weight is 312 g/mol. The Morgan fingerprint density at radius 3 is 2.48 bits per heavy atom. The Kier molecular flexibility index (Phi) is 4.04. The first kappa shape index (κ1) is 14.7. The fourth-order valence-corrected chi connectivity index (χ4v) is 1.78. The number of hydrogen-bond acceptors (Lipinski definition) is 4. The zero-order valence-corrected chi connectivity index (χ0v) is 11.0. The second-order valence-corrected chi connectivity index (χ2v) is 4.33. The second-order valence-electron chi connectivity index (χ2n) is 3.92. The van der Waals surface area contributed by atoms with Crippen LogP contribution in [0.5, 0.6) is 11.5 Å². The molecule has 6 nitrogen and oxygen atoms in total. The van der Waals surface area contributed by atoms with Gasteiger partial charge in [-0.1, -0.05) is 11.6 Å². The van der Waals surface area contributed by atoms with Crippen molar-refractivity contribution in [3.05, 3.63) is 62.9 Å². The largest absolute Gasteiger partial charge is 0.478 e. The Hall–Kier alpha value is -2.67. The molecule has 0 fully saturated rings. The van der Waals surface area contributed by atoms with Gasteiger partial charge >= 0.3 is 5.97 Å². The number of nitro benzene ring substituents is 1. The molecule has 0 atom stereocenters. The van der Waals surface area contributed by atoms with Crippen LogP contribution in [0, 0.1) is 15.9 Å². The highest BCUT2D eigenvalue weighted by Gasteiger charge is 2.16. The number of benzene rings is 2. The van der Waals surface area contributed by atoms with Gasteiger partial charge in [0.25, 0.3) is 5.69 Å². The lowest BCUT2D eigenvalue weighted by molar-refractivity contribution is -0.384. The quantitative estimate of drug-likeness (QED) is 0.683. The van der Waals surface area contributed by atoms with Crippen molar-refractivity contribution in [2.45, 2.75) is 0 Å². The smallest absolute Gasteiger partial charge is 0.339 e. The van der Waals surface area contributed by atoms with E-state index in [-0.39, 0.29) is 27.8 Å². The van der Waals surface area contributed by atoms with E-state index < -0.39 is 16.7 Å². The first-order valence-corrected chi connectivity index (χ1v) is 5.91. The van der Waals surface area contributed by atoms with Crippen LogP contribution in [0.3, 0.4) is 0 Å². The molecule has 0 heterocycles. The molecule has 0 aliphatic rings. The lowest BCUT2D eigenvalue weighted by atomic mass is 10.2. The SMILES string of the molecule is O=C(O)c1cc(F)ccc1Oc1ccc([N+](=O)[O-])cc1Cl. The van der Waals surface area contributed by atoms with Gasteiger partial charge in [0, 0.05) is 12.1 Å². The number of nitrogens with zero attached hydrogens (tertiary/aromatic N) is 1. The molecule has 8 heteroatoms. The summed E-state index contributed by atoms with van der Waals surface area (Å²) < 4.78 is 18.3. The summed E-state index contributed by atoms with van der Waals surface area (Å²) in [5.74, 6) is -2.20. The fraction of sp³-hybridized carbons (Fsp3) is 0. The molecule has 108 valence electrons. The molecule has 2 aromatic rings. The number of nitro groups is 1. The van der Waals surface area contributed by atoms with Crippen molar-refractivity contribution in [3.8, 4) is 11.5 Å². The highest BCUT2D eigenvalue weighted by atomic mass is 35.5. The molecule has 21 heavy (non-hydrogen) atoms. The Labute approximate surface area is 122 Å². The Morgan fingerprint density at radius 1 is 1.24 bits per heavy atom. The minimum atomic E-state index is -1.37. The van der Waals surface area contributed by atoms with Gasteiger partial charge in [0.2, 0.25) is 0 Å². The number of carboxylic acids is 1. The van der Waals surface area contributed by atoms with Crippen LogP contribution in [0.1, 0.15) is 10.4 Å². The Bertz CT molecular complexity index is 734. The van der Waals surface area contributed by atoms with Gasteiger partial charge in [0.05, 0.1) is 9.95 Å². The van der Waals surface area contributed by atoms with Crippen LogP contribution in [0.2, 0.25) is 5.02 Å². The van der Waals surface area contributed by atoms with Gasteiger partial charge in [0.1, 0.15) is 22.9 Å². The molecule has 0 unspecified atom stereocenters. The summed E-state index contributed by atoms with van der Waals surface area (Å²) in [6.07, 6.45) is 0. The summed E-state index contributed by atoms with van der Waals surface area (Å²) in [7, 11) is 0. The lowest BCUT2D eigenvalue weighted by Gasteiger charge is -2.10. The van der Waals surface area contributed by atoms with Gasteiger partial charge in [-0.3, -0.25) is 10.1 Å². The Balaban J connectivity index is 2.39. The molecule has 0 radical (unpaired) electrons. The first-order valence-electron chi connectivity index (χ1n) is 5.53. The monoisotopic (exact) mass is 311 g/mol. The second kappa shape index (κ2) is 5.76. The van der Waals surface area contributed by atoms with E-state index in [4.69, 9.17) is 21.4 Å². The number of non-ortho nitro benzene ring substituents is 1. The van der Waals surface area contributed by atoms with Crippen LogP contribution in [0.15, 0.2) is 36.4 Å². The third kappa shape index (κ3) is 3.26. The molecular formula is C13H7ClFNO5. The van der Waals surface area contributed by atoms with Crippen LogP contribution in [-0.2, 0) is 0 Å². The maximum Gasteiger partial charge on any atom is 0.339 e. The number of carbonyl (C=O) groups is 1. The van der Waals surface area contributed by atoms with E-state index in [1.165, 1.54) is 6.07 Å². The molecular weight excluding hydrogens is 305 g/mol. The fourth-order valence-electron chi connectivity index (χ4n) is 1.56. The molecule has 0 aromatic heterocycles. The molecule has 0 aliphatic carbocycles. The van der Waals surface area contributed by atoms with Gasteiger partial charge in [-0.25, -0.2) is 9.18 Å². The van der Waals surface area contributed by atoms with E-state index in [0.717, 1.165) is 30.3 Å². The van der Waals surface area contributed by atoms with Crippen LogP contribution in [0.25, 0.3) is 0 Å². The molecule has 0 amide bonds. The molecule has 0 aliphatic heterocycles. The predicted octanol–water partition coefficient (Wildman–Crippen LogP) is 3.88. The molecule has 1 N–H and O–H groups in total. The summed E-state index contributed by atoms with van der Waals surface area (Å²) in [6.45, 7) is 0. The molecule has 0 saturated carbocycles. The van der Waals surface area contributed by atoms with Gasteiger partial charge < -0.3 is 9.84 Å². The number of ether oxygens (including phenoxy) is 1. The van der Waals surface area contributed by atoms with Gasteiger partial charge in [-0.2, -0.15) is 0 Å². The summed E-state index contributed by atoms with van der Waals surface area (Å²) in [4.78, 5) is 21.0. The van der Waals surface area contributed by atoms with Crippen molar-refractivity contribution in [1.29, 1.82) is 0 Å². The predicted molar refractivity (Wildman–Crippen MR) is 71.5 cm³/mol. The zero-order chi connectivity index (χ0) is 15.6. The van der Waals surface area contributed by atoms with Crippen molar-refractivity contribution in [1.82, 2.24) is 0 Å². The third-order valence-corrected chi connectivity index (χ3v) is 2.81. The van der Waals surface area contributed by atoms with E-state index in [2.05, 4.69) is 0 Å². The minimum absolute atomic E-state index is 0.0244. The van der Waals surface area contributed by atoms with E-state index in [1.807, 2.05) is 0 Å². The van der Waals surface area contributed by atoms with Crippen molar-refractivity contribution in [2.75, 3.05) is 0 Å². The van der Waals surface area contributed by atoms with Crippen molar-refractivity contribution >= 4 is 23.3 Å². The minimum Gasteiger partial charge on any atom is -0.478 e. The van der Waals surface area contributed by atoms with Crippen molar-refractivity contribution < 1.29 is 24.0 Å². The van der Waals surface area contributed by atoms with Gasteiger partial charge in [0.15, 0.2) is 0 Å². The highest BCUT2D eigenvalue weighted by Crippen LogP contribution is 2.34. The maximum atomic E-state index is 13.0. The van der Waals surface area contributed by atoms with Crippen molar-refractivity contribution in [2.24, 2.45) is 0 Å². The highest BCUT2D eigenvalue weighted by molar-refractivity contribution is 6.32. The van der Waals surface area contributed by atoms with Crippen LogP contribution in [0.4, 0.5) is 10.1 Å². The third-order valence-electron chi connectivity index (χ3n) is 2.52. The number of rotatable bonds is 4. The van der Waals surface area contributed by atoms with Gasteiger partial charge in [-0.05, 0) is 24.3 Å². The summed E-state index contributed by atoms with van der Waals surface area (Å²) >= 11 is 5.84. The molecule has 2 aromatic carbocycles. The Morgan fingerprint density at radius 2 is 1.90 bits per heavy atom. The van der Waals surface area contributed by atoms with E-state index in [1.54, 1.807) is 0 Å². The van der Waals surface area contributed by atoms with E-state index in [9.17, 15) is 19.3 Å². The zero-order valence-electron chi connectivity index (χ0n) is 10.2. The van der Waals surface area contributed by atoms with Crippen LogP contribution >= 0.6 is 11.6 Å². The summed E-state index contributed by atoms with van der Waals surface area (Å²) in [6, 6.07) is 6.43. The number of halogens is 2. The molecule has 0 bridgehead atoms. The normalized spacial score (nSPS) is 10.2. The standard InChI is InChI=1S/C13H7ClFNO5/c14-10-6-8(16(19)20)2-4-12(10)21-11-3-1-7(15)5-9(11)13(17)18/h1-6H,(H,17,18). The van der Waals surface area contributed by atoms with E-state index in [0.29, 0.717) is 0 Å². The van der Waals surface area contributed by atoms with Crippen LogP contribution in [-0.4, -0.2) is 16.0 Å². The first-order chi connectivity index (χ1) is 9.88. The lowest BCUT2D eigenvalue weighted by Crippen LogP contribution is -2.01. The topological polar surface area (TPSA) is 89.7 Å². The molecule has 0 saturated heterocycles. The molecule has 2 rings (SSSR count). The number of hydrogen-bond donors (Lipinski definition) is 1. The summed E-state index contributed by atoms with van der Waals surface area (Å²) in [5.41, 5.74) is -0.616. The summed E-state index contributed by atoms with van der Waals surface area (Å²) in [5, 5.41) is 19.5.